The summed E-state index contributed by atoms with van der Waals surface area (Å²) in [4.78, 5) is 13.8. The molecule has 7 nitrogen and oxygen atoms in total. The van der Waals surface area contributed by atoms with Crippen molar-refractivity contribution in [3.8, 4) is 41.8 Å². The second kappa shape index (κ2) is 31.3. The molecule has 0 amide bonds. The van der Waals surface area contributed by atoms with E-state index >= 15 is 0 Å². The topological polar surface area (TPSA) is 111 Å². The van der Waals surface area contributed by atoms with Gasteiger partial charge in [0.1, 0.15) is 11.4 Å². The molecular weight excluding hydrogens is 665 g/mol. The molecule has 0 radical (unpaired) electrons. The molecular formula is C47H70N6O. The summed E-state index contributed by atoms with van der Waals surface area (Å²) in [5, 5.41) is 3.31. The summed E-state index contributed by atoms with van der Waals surface area (Å²) >= 11 is 0. The van der Waals surface area contributed by atoms with E-state index in [9.17, 15) is 0 Å². The van der Waals surface area contributed by atoms with Crippen LogP contribution in [0.5, 0.6) is 5.75 Å². The minimum atomic E-state index is 0.381. The lowest BCUT2D eigenvalue weighted by Gasteiger charge is -2.21. The van der Waals surface area contributed by atoms with Crippen LogP contribution in [0, 0.1) is 65.3 Å². The van der Waals surface area contributed by atoms with E-state index in [4.69, 9.17) is 15.5 Å². The number of nitrogens with one attached hydrogen (secondary N) is 1. The third-order valence-corrected chi connectivity index (χ3v) is 7.93. The number of aliphatic imine (C=N–C) groups is 1. The molecule has 0 aliphatic heterocycles. The number of allylic oxidation sites excluding steroid dienone is 1. The number of benzene rings is 1. The van der Waals surface area contributed by atoms with Crippen molar-refractivity contribution in [2.45, 2.75) is 114 Å². The van der Waals surface area contributed by atoms with Gasteiger partial charge < -0.3 is 21.5 Å². The molecule has 1 aliphatic rings. The minimum absolute atomic E-state index is 0.381. The average molecular weight is 735 g/mol. The van der Waals surface area contributed by atoms with Crippen molar-refractivity contribution in [3.63, 3.8) is 0 Å². The molecule has 0 bridgehead atoms. The Hall–Kier alpha value is -5.23. The van der Waals surface area contributed by atoms with Crippen molar-refractivity contribution < 1.29 is 4.74 Å². The summed E-state index contributed by atoms with van der Waals surface area (Å²) in [6.45, 7) is 31.8. The molecule has 1 aromatic carbocycles. The molecule has 0 spiro atoms. The first-order valence-electron chi connectivity index (χ1n) is 19.1. The van der Waals surface area contributed by atoms with E-state index in [2.05, 4.69) is 112 Å². The number of anilines is 1. The van der Waals surface area contributed by atoms with Crippen LogP contribution in [0.2, 0.25) is 0 Å². The Labute approximate surface area is 329 Å². The molecule has 1 unspecified atom stereocenters. The number of nitrogen functional groups attached to an aromatic ring is 1. The zero-order chi connectivity index (χ0) is 41.5. The maximum Gasteiger partial charge on any atom is 0.148 e. The SMILES string of the molecule is C#CC.C#CN.C=C=CNCC(c1cc(C)c(OCC)c(-c2ccnc(C)c2C)n1)C1CC1.C=CCCC.CC.CCCN=Cc1cc(C)cc(C)c1N. The predicted molar refractivity (Wildman–Crippen MR) is 237 cm³/mol. The number of rotatable bonds is 13. The van der Waals surface area contributed by atoms with Gasteiger partial charge in [-0.1, -0.05) is 64.8 Å². The first kappa shape index (κ1) is 50.9. The van der Waals surface area contributed by atoms with Gasteiger partial charge in [0, 0.05) is 65.8 Å². The maximum atomic E-state index is 6.00. The Bertz CT molecular complexity index is 1650. The molecule has 54 heavy (non-hydrogen) atoms. The Morgan fingerprint density at radius 2 is 1.69 bits per heavy atom. The Balaban J connectivity index is 0. The van der Waals surface area contributed by atoms with E-state index in [1.54, 1.807) is 19.2 Å². The number of terminal acetylenes is 2. The van der Waals surface area contributed by atoms with E-state index in [-0.39, 0.29) is 0 Å². The third kappa shape index (κ3) is 19.6. The van der Waals surface area contributed by atoms with Crippen LogP contribution >= 0.6 is 0 Å². The van der Waals surface area contributed by atoms with Gasteiger partial charge in [-0.3, -0.25) is 9.98 Å². The normalized spacial score (nSPS) is 11.1. The van der Waals surface area contributed by atoms with E-state index in [0.717, 1.165) is 82.3 Å². The fraction of sp³-hybridized carbons (Fsp3) is 0.447. The highest BCUT2D eigenvalue weighted by molar-refractivity contribution is 5.88. The van der Waals surface area contributed by atoms with Gasteiger partial charge in [0.25, 0.3) is 0 Å². The first-order valence-corrected chi connectivity index (χ1v) is 19.1. The lowest BCUT2D eigenvalue weighted by Crippen LogP contribution is -2.19. The number of nitrogens with two attached hydrogens (primary N) is 2. The highest BCUT2D eigenvalue weighted by Gasteiger charge is 2.34. The summed E-state index contributed by atoms with van der Waals surface area (Å²) in [6, 6.07) is 10.1. The standard InChI is InChI=1S/C23H29N3O.C12H18N2.C5H10.C3H4.C2H3N.C2H6/c1-6-11-24-14-20(18-8-9-18)21-13-15(3)23(27-7-2)22(26-21)19-10-12-25-17(5)16(19)4;1-4-5-14-8-11-7-9(2)6-10(3)12(11)13;1-3-5-4-2;1-3-2;1-2-3;1-2/h10-13,18,20,24H,1,7-9,14H2,2-5H3;6-8H,4-5,13H2,1-3H3;3H,1,4-5H2,2H3;1H,2H3;1H,3H2;1-2H3. The van der Waals surface area contributed by atoms with E-state index < -0.39 is 0 Å². The Morgan fingerprint density at radius 3 is 2.19 bits per heavy atom. The van der Waals surface area contributed by atoms with Gasteiger partial charge in [-0.15, -0.1) is 24.7 Å². The van der Waals surface area contributed by atoms with Gasteiger partial charge in [0.15, 0.2) is 0 Å². The molecule has 1 atom stereocenters. The van der Waals surface area contributed by atoms with Crippen molar-refractivity contribution in [2.75, 3.05) is 25.4 Å². The van der Waals surface area contributed by atoms with Gasteiger partial charge >= 0.3 is 0 Å². The predicted octanol–water partition coefficient (Wildman–Crippen LogP) is 10.7. The van der Waals surface area contributed by atoms with Gasteiger partial charge in [-0.25, -0.2) is 4.98 Å². The Morgan fingerprint density at radius 1 is 1.06 bits per heavy atom. The van der Waals surface area contributed by atoms with Crippen LogP contribution in [0.1, 0.15) is 119 Å². The summed E-state index contributed by atoms with van der Waals surface area (Å²) in [6.07, 6.45) is 22.4. The van der Waals surface area contributed by atoms with Crippen LogP contribution in [0.25, 0.3) is 11.3 Å². The molecule has 1 aliphatic carbocycles. The summed E-state index contributed by atoms with van der Waals surface area (Å²) in [7, 11) is 0. The number of nitrogens with zero attached hydrogens (tertiary/aromatic N) is 3. The maximum absolute atomic E-state index is 6.00. The van der Waals surface area contributed by atoms with Crippen molar-refractivity contribution in [1.29, 1.82) is 0 Å². The van der Waals surface area contributed by atoms with Gasteiger partial charge in [-0.2, -0.15) is 0 Å². The van der Waals surface area contributed by atoms with Crippen molar-refractivity contribution in [3.05, 3.63) is 101 Å². The summed E-state index contributed by atoms with van der Waals surface area (Å²) in [5.41, 5.74) is 23.8. The fourth-order valence-corrected chi connectivity index (χ4v) is 5.17. The largest absolute Gasteiger partial charge is 0.491 e. The van der Waals surface area contributed by atoms with Crippen molar-refractivity contribution in [1.82, 2.24) is 15.3 Å². The second-order valence-corrected chi connectivity index (χ2v) is 12.4. The average Bonchev–Trinajstić information content (AvgIpc) is 3.99. The van der Waals surface area contributed by atoms with Crippen LogP contribution < -0.4 is 21.5 Å². The molecule has 7 heteroatoms. The molecule has 3 aromatic rings. The molecule has 2 heterocycles. The molecule has 5 N–H and O–H groups in total. The lowest BCUT2D eigenvalue weighted by molar-refractivity contribution is 0.337. The number of aryl methyl sites for hydroxylation is 4. The summed E-state index contributed by atoms with van der Waals surface area (Å²) in [5.74, 6) is 4.20. The van der Waals surface area contributed by atoms with Crippen LogP contribution in [0.4, 0.5) is 5.69 Å². The van der Waals surface area contributed by atoms with Crippen LogP contribution in [-0.2, 0) is 0 Å². The van der Waals surface area contributed by atoms with Crippen LogP contribution in [0.3, 0.4) is 0 Å². The monoisotopic (exact) mass is 735 g/mol. The van der Waals surface area contributed by atoms with Gasteiger partial charge in [0.05, 0.1) is 6.61 Å². The van der Waals surface area contributed by atoms with Crippen LogP contribution in [0.15, 0.2) is 66.6 Å². The third-order valence-electron chi connectivity index (χ3n) is 7.93. The van der Waals surface area contributed by atoms with E-state index in [1.165, 1.54) is 24.8 Å². The van der Waals surface area contributed by atoms with Crippen molar-refractivity contribution >= 4 is 11.9 Å². The zero-order valence-corrected chi connectivity index (χ0v) is 35.4. The van der Waals surface area contributed by atoms with E-state index in [1.807, 2.05) is 59.2 Å². The molecule has 2 aromatic heterocycles. The number of hydrogen-bond donors (Lipinski definition) is 3. The molecule has 4 rings (SSSR count). The van der Waals surface area contributed by atoms with Crippen LogP contribution in [-0.4, -0.2) is 35.9 Å². The van der Waals surface area contributed by atoms with Gasteiger partial charge in [-0.05, 0) is 121 Å². The number of hydrogen-bond acceptors (Lipinski definition) is 7. The highest BCUT2D eigenvalue weighted by atomic mass is 16.5. The zero-order valence-electron chi connectivity index (χ0n) is 35.4. The van der Waals surface area contributed by atoms with Crippen molar-refractivity contribution in [2.24, 2.45) is 16.6 Å². The van der Waals surface area contributed by atoms with Gasteiger partial charge in [0.2, 0.25) is 0 Å². The van der Waals surface area contributed by atoms with E-state index in [0.29, 0.717) is 18.4 Å². The highest BCUT2D eigenvalue weighted by Crippen LogP contribution is 2.44. The quantitative estimate of drug-likeness (QED) is 0.0403. The molecule has 1 saturated carbocycles. The summed E-state index contributed by atoms with van der Waals surface area (Å²) < 4.78 is 6.00. The first-order chi connectivity index (χ1) is 26.0. The fourth-order valence-electron chi connectivity index (χ4n) is 5.17. The smallest absolute Gasteiger partial charge is 0.148 e. The number of pyridine rings is 2. The number of ether oxygens (including phenoxy) is 1. The number of unbranched alkanes of at least 4 members (excludes halogenated alkanes) is 1. The molecule has 294 valence electrons. The second-order valence-electron chi connectivity index (χ2n) is 12.4. The molecule has 1 fully saturated rings. The number of aromatic nitrogens is 2. The minimum Gasteiger partial charge on any atom is -0.491 e. The molecule has 0 saturated heterocycles. The lowest BCUT2D eigenvalue weighted by atomic mass is 9.95. The Kier molecular flexibility index (Phi) is 29.5.